The Labute approximate surface area is 205 Å². The van der Waals surface area contributed by atoms with Crippen molar-refractivity contribution in [2.24, 2.45) is 0 Å². The molecule has 0 bridgehead atoms. The first-order valence-electron chi connectivity index (χ1n) is 13.5. The van der Waals surface area contributed by atoms with Gasteiger partial charge in [-0.1, -0.05) is 50.7 Å². The largest absolute Gasteiger partial charge is 0.449 e. The standard InChI is InChI=1S/C27H37F3N4O/c28-27(29,30)26-31-23-13-7-8-14-24(23)34(26)22-15-17-32(18-16-22)19-25(35)33(20-9-3-1-4-10-20)21-11-5-2-6-12-21/h7-8,13-14,20-22H,1-6,9-12,15-19H2. The average Bonchev–Trinajstić information content (AvgIpc) is 3.27. The maximum atomic E-state index is 13.8. The van der Waals surface area contributed by atoms with Gasteiger partial charge in [-0.3, -0.25) is 9.69 Å². The second-order valence-electron chi connectivity index (χ2n) is 10.7. The van der Waals surface area contributed by atoms with Gasteiger partial charge in [0.1, 0.15) is 0 Å². The molecule has 2 saturated carbocycles. The molecule has 0 radical (unpaired) electrons. The summed E-state index contributed by atoms with van der Waals surface area (Å²) in [4.78, 5) is 21.9. The fraction of sp³-hybridized carbons (Fsp3) is 0.704. The molecule has 3 fully saturated rings. The molecule has 8 heteroatoms. The van der Waals surface area contributed by atoms with Crippen molar-refractivity contribution in [2.75, 3.05) is 19.6 Å². The van der Waals surface area contributed by atoms with E-state index in [0.717, 1.165) is 25.7 Å². The molecule has 35 heavy (non-hydrogen) atoms. The number of para-hydroxylation sites is 2. The zero-order valence-electron chi connectivity index (χ0n) is 20.5. The Hall–Kier alpha value is -2.09. The second kappa shape index (κ2) is 10.5. The summed E-state index contributed by atoms with van der Waals surface area (Å²) >= 11 is 0. The number of benzene rings is 1. The molecule has 1 amide bonds. The SMILES string of the molecule is O=C(CN1CCC(n2c(C(F)(F)F)nc3ccccc32)CC1)N(C1CCCCC1)C1CCCCC1. The lowest BCUT2D eigenvalue weighted by Crippen LogP contribution is -2.52. The molecule has 2 aromatic rings. The van der Waals surface area contributed by atoms with E-state index in [4.69, 9.17) is 0 Å². The van der Waals surface area contributed by atoms with Crippen LogP contribution in [-0.2, 0) is 11.0 Å². The molecule has 3 aliphatic rings. The van der Waals surface area contributed by atoms with Crippen molar-refractivity contribution in [3.05, 3.63) is 30.1 Å². The number of imidazole rings is 1. The fourth-order valence-electron chi connectivity index (χ4n) is 6.65. The van der Waals surface area contributed by atoms with E-state index in [2.05, 4.69) is 14.8 Å². The molecule has 0 N–H and O–H groups in total. The van der Waals surface area contributed by atoms with E-state index in [-0.39, 0.29) is 11.9 Å². The van der Waals surface area contributed by atoms with Gasteiger partial charge in [-0.15, -0.1) is 0 Å². The number of likely N-dealkylation sites (tertiary alicyclic amines) is 1. The number of piperidine rings is 1. The van der Waals surface area contributed by atoms with Crippen LogP contribution in [0.4, 0.5) is 13.2 Å². The van der Waals surface area contributed by atoms with Gasteiger partial charge in [0.15, 0.2) is 0 Å². The van der Waals surface area contributed by atoms with Crippen LogP contribution >= 0.6 is 0 Å². The van der Waals surface area contributed by atoms with Gasteiger partial charge in [0.2, 0.25) is 11.7 Å². The number of halogens is 3. The Bertz CT molecular complexity index is 982. The zero-order valence-corrected chi connectivity index (χ0v) is 20.5. The van der Waals surface area contributed by atoms with E-state index in [1.807, 2.05) is 0 Å². The number of amides is 1. The molecule has 1 aromatic carbocycles. The minimum absolute atomic E-state index is 0.228. The first kappa shape index (κ1) is 24.6. The zero-order chi connectivity index (χ0) is 24.4. The van der Waals surface area contributed by atoms with Crippen molar-refractivity contribution in [1.29, 1.82) is 0 Å². The molecule has 5 nitrogen and oxygen atoms in total. The molecule has 5 rings (SSSR count). The predicted octanol–water partition coefficient (Wildman–Crippen LogP) is 6.19. The quantitative estimate of drug-likeness (QED) is 0.502. The van der Waals surface area contributed by atoms with Crippen LogP contribution in [0.15, 0.2) is 24.3 Å². The number of hydrogen-bond donors (Lipinski definition) is 0. The number of alkyl halides is 3. The first-order chi connectivity index (χ1) is 16.9. The van der Waals surface area contributed by atoms with Crippen LogP contribution in [0.1, 0.15) is 88.9 Å². The van der Waals surface area contributed by atoms with E-state index in [1.165, 1.54) is 43.1 Å². The smallest absolute Gasteiger partial charge is 0.336 e. The highest BCUT2D eigenvalue weighted by atomic mass is 19.4. The summed E-state index contributed by atoms with van der Waals surface area (Å²) in [6.07, 6.45) is 8.45. The van der Waals surface area contributed by atoms with Gasteiger partial charge < -0.3 is 9.47 Å². The van der Waals surface area contributed by atoms with Gasteiger partial charge in [-0.2, -0.15) is 13.2 Å². The summed E-state index contributed by atoms with van der Waals surface area (Å²) in [5.41, 5.74) is 0.920. The summed E-state index contributed by atoms with van der Waals surface area (Å²) < 4.78 is 42.8. The summed E-state index contributed by atoms with van der Waals surface area (Å²) in [5, 5.41) is 0. The molecule has 1 aromatic heterocycles. The van der Waals surface area contributed by atoms with Gasteiger partial charge in [-0.05, 0) is 50.7 Å². The van der Waals surface area contributed by atoms with Crippen molar-refractivity contribution >= 4 is 16.9 Å². The number of rotatable bonds is 5. The molecular formula is C27H37F3N4O. The summed E-state index contributed by atoms with van der Waals surface area (Å²) in [6.45, 7) is 1.64. The minimum Gasteiger partial charge on any atom is -0.336 e. The maximum Gasteiger partial charge on any atom is 0.449 e. The number of aromatic nitrogens is 2. The number of fused-ring (bicyclic) bond motifs is 1. The highest BCUT2D eigenvalue weighted by Crippen LogP contribution is 2.37. The van der Waals surface area contributed by atoms with E-state index in [1.54, 1.807) is 24.3 Å². The van der Waals surface area contributed by atoms with Crippen molar-refractivity contribution < 1.29 is 18.0 Å². The monoisotopic (exact) mass is 490 g/mol. The highest BCUT2D eigenvalue weighted by molar-refractivity contribution is 5.79. The molecule has 0 spiro atoms. The average molecular weight is 491 g/mol. The third-order valence-corrected chi connectivity index (χ3v) is 8.35. The number of carbonyl (C=O) groups is 1. The number of nitrogens with zero attached hydrogens (tertiary/aromatic N) is 4. The minimum atomic E-state index is -4.49. The highest BCUT2D eigenvalue weighted by Gasteiger charge is 2.40. The van der Waals surface area contributed by atoms with Crippen molar-refractivity contribution in [3.8, 4) is 0 Å². The molecular weight excluding hydrogens is 453 g/mol. The molecule has 0 atom stereocenters. The summed E-state index contributed by atoms with van der Waals surface area (Å²) in [6, 6.07) is 7.31. The van der Waals surface area contributed by atoms with Gasteiger partial charge >= 0.3 is 6.18 Å². The molecule has 0 unspecified atom stereocenters. The molecule has 2 aliphatic carbocycles. The van der Waals surface area contributed by atoms with Crippen LogP contribution in [0.2, 0.25) is 0 Å². The third kappa shape index (κ3) is 5.37. The van der Waals surface area contributed by atoms with E-state index < -0.39 is 12.0 Å². The van der Waals surface area contributed by atoms with Crippen molar-refractivity contribution in [2.45, 2.75) is 101 Å². The van der Waals surface area contributed by atoms with Gasteiger partial charge in [0.25, 0.3) is 0 Å². The van der Waals surface area contributed by atoms with Crippen LogP contribution in [0, 0.1) is 0 Å². The Morgan fingerprint density at radius 1 is 0.886 bits per heavy atom. The van der Waals surface area contributed by atoms with Crippen LogP contribution in [0.5, 0.6) is 0 Å². The fourth-order valence-corrected chi connectivity index (χ4v) is 6.65. The number of carbonyl (C=O) groups excluding carboxylic acids is 1. The predicted molar refractivity (Wildman–Crippen MR) is 130 cm³/mol. The Balaban J connectivity index is 1.27. The lowest BCUT2D eigenvalue weighted by Gasteiger charge is -2.43. The van der Waals surface area contributed by atoms with E-state index in [0.29, 0.717) is 55.6 Å². The topological polar surface area (TPSA) is 41.4 Å². The van der Waals surface area contributed by atoms with Crippen molar-refractivity contribution in [1.82, 2.24) is 19.4 Å². The summed E-state index contributed by atoms with van der Waals surface area (Å²) in [5.74, 6) is -0.583. The lowest BCUT2D eigenvalue weighted by molar-refractivity contribution is -0.147. The van der Waals surface area contributed by atoms with Crippen LogP contribution in [0.25, 0.3) is 11.0 Å². The molecule has 1 saturated heterocycles. The number of hydrogen-bond acceptors (Lipinski definition) is 3. The van der Waals surface area contributed by atoms with Crippen LogP contribution < -0.4 is 0 Å². The normalized spacial score (nSPS) is 22.0. The van der Waals surface area contributed by atoms with Crippen molar-refractivity contribution in [3.63, 3.8) is 0 Å². The summed E-state index contributed by atoms with van der Waals surface area (Å²) in [7, 11) is 0. The van der Waals surface area contributed by atoms with Crippen LogP contribution in [-0.4, -0.2) is 57.0 Å². The third-order valence-electron chi connectivity index (χ3n) is 8.35. The lowest BCUT2D eigenvalue weighted by atomic mass is 9.88. The van der Waals surface area contributed by atoms with Gasteiger partial charge in [0, 0.05) is 31.2 Å². The van der Waals surface area contributed by atoms with Crippen LogP contribution in [0.3, 0.4) is 0 Å². The second-order valence-corrected chi connectivity index (χ2v) is 10.7. The Kier molecular flexibility index (Phi) is 7.37. The maximum absolute atomic E-state index is 13.8. The first-order valence-corrected chi connectivity index (χ1v) is 13.5. The molecule has 1 aliphatic heterocycles. The molecule has 192 valence electrons. The van der Waals surface area contributed by atoms with Gasteiger partial charge in [0.05, 0.1) is 17.6 Å². The Morgan fingerprint density at radius 2 is 1.46 bits per heavy atom. The Morgan fingerprint density at radius 3 is 2.03 bits per heavy atom. The molecule has 2 heterocycles. The van der Waals surface area contributed by atoms with E-state index in [9.17, 15) is 18.0 Å². The van der Waals surface area contributed by atoms with E-state index >= 15 is 0 Å². The van der Waals surface area contributed by atoms with Gasteiger partial charge in [-0.25, -0.2) is 4.98 Å².